The van der Waals surface area contributed by atoms with Crippen molar-refractivity contribution in [3.8, 4) is 0 Å². The molecular formula is C14H21NOS. The van der Waals surface area contributed by atoms with Gasteiger partial charge in [-0.1, -0.05) is 29.8 Å². The van der Waals surface area contributed by atoms with Gasteiger partial charge in [0, 0.05) is 18.3 Å². The number of thioether (sulfide) groups is 1. The van der Waals surface area contributed by atoms with E-state index in [1.807, 2.05) is 23.9 Å². The molecule has 2 atom stereocenters. The molecule has 0 aromatic heterocycles. The molecule has 1 aromatic rings. The van der Waals surface area contributed by atoms with Gasteiger partial charge in [-0.2, -0.15) is 11.8 Å². The second-order valence-corrected chi connectivity index (χ2v) is 5.90. The fourth-order valence-corrected chi connectivity index (χ4v) is 3.28. The molecule has 0 radical (unpaired) electrons. The molecule has 0 bridgehead atoms. The maximum atomic E-state index is 10.1. The molecule has 2 rings (SSSR count). The highest BCUT2D eigenvalue weighted by Crippen LogP contribution is 2.18. The third-order valence-electron chi connectivity index (χ3n) is 3.19. The summed E-state index contributed by atoms with van der Waals surface area (Å²) in [7, 11) is 0. The van der Waals surface area contributed by atoms with Crippen LogP contribution in [-0.2, 0) is 0 Å². The molecule has 17 heavy (non-hydrogen) atoms. The topological polar surface area (TPSA) is 32.3 Å². The normalized spacial score (nSPS) is 22.4. The average molecular weight is 251 g/mol. The summed E-state index contributed by atoms with van der Waals surface area (Å²) in [5, 5.41) is 13.6. The van der Waals surface area contributed by atoms with Gasteiger partial charge in [0.25, 0.3) is 0 Å². The van der Waals surface area contributed by atoms with Crippen molar-refractivity contribution in [1.29, 1.82) is 0 Å². The van der Waals surface area contributed by atoms with Crippen molar-refractivity contribution in [3.63, 3.8) is 0 Å². The molecule has 2 nitrogen and oxygen atoms in total. The van der Waals surface area contributed by atoms with E-state index in [0.717, 1.165) is 5.56 Å². The van der Waals surface area contributed by atoms with Crippen molar-refractivity contribution in [1.82, 2.24) is 5.32 Å². The first kappa shape index (κ1) is 12.9. The summed E-state index contributed by atoms with van der Waals surface area (Å²) in [4.78, 5) is 0. The predicted octanol–water partition coefficient (Wildman–Crippen LogP) is 2.51. The predicted molar refractivity (Wildman–Crippen MR) is 74.5 cm³/mol. The van der Waals surface area contributed by atoms with Crippen LogP contribution in [0.4, 0.5) is 0 Å². The fraction of sp³-hybridized carbons (Fsp3) is 0.571. The number of rotatable bonds is 4. The van der Waals surface area contributed by atoms with Crippen molar-refractivity contribution >= 4 is 11.8 Å². The Kier molecular flexibility index (Phi) is 4.89. The lowest BCUT2D eigenvalue weighted by atomic mass is 10.1. The molecule has 1 saturated heterocycles. The van der Waals surface area contributed by atoms with E-state index in [2.05, 4.69) is 24.4 Å². The average Bonchev–Trinajstić information content (AvgIpc) is 2.37. The lowest BCUT2D eigenvalue weighted by molar-refractivity contribution is 0.170. The summed E-state index contributed by atoms with van der Waals surface area (Å²) in [5.41, 5.74) is 2.22. The van der Waals surface area contributed by atoms with Crippen molar-refractivity contribution in [2.45, 2.75) is 31.9 Å². The molecule has 1 aliphatic heterocycles. The van der Waals surface area contributed by atoms with Crippen LogP contribution in [0, 0.1) is 6.92 Å². The molecule has 94 valence electrons. The van der Waals surface area contributed by atoms with Crippen LogP contribution in [0.3, 0.4) is 0 Å². The van der Waals surface area contributed by atoms with E-state index in [4.69, 9.17) is 0 Å². The summed E-state index contributed by atoms with van der Waals surface area (Å²) in [6, 6.07) is 8.69. The van der Waals surface area contributed by atoms with E-state index >= 15 is 0 Å². The highest BCUT2D eigenvalue weighted by atomic mass is 32.2. The van der Waals surface area contributed by atoms with Gasteiger partial charge < -0.3 is 10.4 Å². The van der Waals surface area contributed by atoms with Gasteiger partial charge in [-0.15, -0.1) is 0 Å². The Hall–Kier alpha value is -0.510. The summed E-state index contributed by atoms with van der Waals surface area (Å²) in [5.74, 6) is 2.47. The zero-order valence-corrected chi connectivity index (χ0v) is 11.2. The van der Waals surface area contributed by atoms with Crippen LogP contribution in [0.5, 0.6) is 0 Å². The Labute approximate surface area is 108 Å². The molecule has 0 spiro atoms. The number of aliphatic hydroxyl groups is 1. The second kappa shape index (κ2) is 6.43. The molecule has 1 aliphatic rings. The highest BCUT2D eigenvalue weighted by molar-refractivity contribution is 7.99. The monoisotopic (exact) mass is 251 g/mol. The molecule has 1 aromatic carbocycles. The van der Waals surface area contributed by atoms with Crippen LogP contribution >= 0.6 is 11.8 Å². The quantitative estimate of drug-likeness (QED) is 0.862. The molecule has 3 heteroatoms. The lowest BCUT2D eigenvalue weighted by Crippen LogP contribution is -2.36. The van der Waals surface area contributed by atoms with Crippen LogP contribution in [0.2, 0.25) is 0 Å². The Balaban J connectivity index is 1.82. The third kappa shape index (κ3) is 4.02. The first-order valence-electron chi connectivity index (χ1n) is 6.31. The van der Waals surface area contributed by atoms with Crippen molar-refractivity contribution in [3.05, 3.63) is 35.4 Å². The lowest BCUT2D eigenvalue weighted by Gasteiger charge is -2.24. The number of hydrogen-bond acceptors (Lipinski definition) is 3. The summed E-state index contributed by atoms with van der Waals surface area (Å²) >= 11 is 2.01. The van der Waals surface area contributed by atoms with E-state index < -0.39 is 0 Å². The number of benzene rings is 1. The van der Waals surface area contributed by atoms with Gasteiger partial charge in [0.2, 0.25) is 0 Å². The smallest absolute Gasteiger partial charge is 0.0914 e. The fourth-order valence-electron chi connectivity index (χ4n) is 2.18. The van der Waals surface area contributed by atoms with Crippen molar-refractivity contribution in [2.75, 3.05) is 18.1 Å². The Morgan fingerprint density at radius 1 is 1.53 bits per heavy atom. The minimum Gasteiger partial charge on any atom is -0.387 e. The molecular weight excluding hydrogens is 230 g/mol. The summed E-state index contributed by atoms with van der Waals surface area (Å²) in [6.45, 7) is 2.72. The first-order valence-corrected chi connectivity index (χ1v) is 7.47. The number of nitrogens with one attached hydrogen (secondary N) is 1. The SMILES string of the molecule is Cc1cccc([C@H](O)CN[C@@H]2CCCSC2)c1. The van der Waals surface area contributed by atoms with Gasteiger partial charge in [0.1, 0.15) is 0 Å². The maximum Gasteiger partial charge on any atom is 0.0914 e. The summed E-state index contributed by atoms with van der Waals surface area (Å²) in [6.07, 6.45) is 2.15. The van der Waals surface area contributed by atoms with Gasteiger partial charge in [-0.3, -0.25) is 0 Å². The summed E-state index contributed by atoms with van der Waals surface area (Å²) < 4.78 is 0. The van der Waals surface area contributed by atoms with E-state index in [1.165, 1.54) is 29.9 Å². The Morgan fingerprint density at radius 2 is 2.41 bits per heavy atom. The molecule has 0 unspecified atom stereocenters. The number of aryl methyl sites for hydroxylation is 1. The Morgan fingerprint density at radius 3 is 3.12 bits per heavy atom. The van der Waals surface area contributed by atoms with Crippen LogP contribution in [0.15, 0.2) is 24.3 Å². The van der Waals surface area contributed by atoms with Crippen molar-refractivity contribution < 1.29 is 5.11 Å². The van der Waals surface area contributed by atoms with Gasteiger partial charge in [-0.05, 0) is 31.1 Å². The standard InChI is InChI=1S/C14H21NOS/c1-11-4-2-5-12(8-11)14(16)9-15-13-6-3-7-17-10-13/h2,4-5,8,13-16H,3,6-7,9-10H2,1H3/t13-,14-/m1/s1. The highest BCUT2D eigenvalue weighted by Gasteiger charge is 2.15. The van der Waals surface area contributed by atoms with Gasteiger partial charge in [-0.25, -0.2) is 0 Å². The second-order valence-electron chi connectivity index (χ2n) is 4.75. The van der Waals surface area contributed by atoms with Gasteiger partial charge in [0.05, 0.1) is 6.10 Å². The molecule has 1 heterocycles. The number of hydrogen-bond donors (Lipinski definition) is 2. The van der Waals surface area contributed by atoms with E-state index in [-0.39, 0.29) is 6.10 Å². The molecule has 1 fully saturated rings. The minimum atomic E-state index is -0.387. The van der Waals surface area contributed by atoms with E-state index in [9.17, 15) is 5.11 Å². The minimum absolute atomic E-state index is 0.387. The van der Waals surface area contributed by atoms with Crippen molar-refractivity contribution in [2.24, 2.45) is 0 Å². The first-order chi connectivity index (χ1) is 8.25. The van der Waals surface area contributed by atoms with Crippen LogP contribution in [0.1, 0.15) is 30.1 Å². The molecule has 0 saturated carbocycles. The van der Waals surface area contributed by atoms with Crippen LogP contribution in [-0.4, -0.2) is 29.2 Å². The third-order valence-corrected chi connectivity index (χ3v) is 4.40. The van der Waals surface area contributed by atoms with E-state index in [0.29, 0.717) is 12.6 Å². The van der Waals surface area contributed by atoms with Gasteiger partial charge in [0.15, 0.2) is 0 Å². The Bertz CT molecular complexity index is 350. The van der Waals surface area contributed by atoms with Crippen LogP contribution < -0.4 is 5.32 Å². The van der Waals surface area contributed by atoms with E-state index in [1.54, 1.807) is 0 Å². The van der Waals surface area contributed by atoms with Gasteiger partial charge >= 0.3 is 0 Å². The maximum absolute atomic E-state index is 10.1. The molecule has 2 N–H and O–H groups in total. The molecule has 0 aliphatic carbocycles. The zero-order valence-electron chi connectivity index (χ0n) is 10.4. The van der Waals surface area contributed by atoms with Crippen LogP contribution in [0.25, 0.3) is 0 Å². The zero-order chi connectivity index (χ0) is 12.1. The largest absolute Gasteiger partial charge is 0.387 e. The molecule has 0 amide bonds. The number of aliphatic hydroxyl groups excluding tert-OH is 1.